The highest BCUT2D eigenvalue weighted by molar-refractivity contribution is 7.92. The summed E-state index contributed by atoms with van der Waals surface area (Å²) < 4.78 is 41.6. The topological polar surface area (TPSA) is 104 Å². The first-order valence-corrected chi connectivity index (χ1v) is 11.8. The van der Waals surface area contributed by atoms with Crippen LogP contribution in [0.5, 0.6) is 0 Å². The molecule has 0 aliphatic heterocycles. The zero-order valence-corrected chi connectivity index (χ0v) is 18.6. The second kappa shape index (κ2) is 9.03. The standard InChI is InChI=1S/C24H22FN3O4S/c1-15-9-12-19(33(31,32)28-22-8-3-2-7-21(22)25)14-20(15)24(30)27-18-6-4-5-16(13-18)23(29)26-17-10-11-17/h2-9,12-14,17,28H,10-11H2,1H3,(H,26,29)(H,27,30). The van der Waals surface area contributed by atoms with Crippen LogP contribution in [0, 0.1) is 12.7 Å². The van der Waals surface area contributed by atoms with Crippen LogP contribution < -0.4 is 15.4 Å². The molecule has 1 saturated carbocycles. The second-order valence-corrected chi connectivity index (χ2v) is 9.53. The Labute approximate surface area is 191 Å². The van der Waals surface area contributed by atoms with Crippen molar-refractivity contribution in [1.82, 2.24) is 5.32 Å². The summed E-state index contributed by atoms with van der Waals surface area (Å²) in [6, 6.07) is 16.2. The Bertz CT molecular complexity index is 1340. The zero-order valence-electron chi connectivity index (χ0n) is 17.8. The lowest BCUT2D eigenvalue weighted by Gasteiger charge is -2.13. The summed E-state index contributed by atoms with van der Waals surface area (Å²) in [5.74, 6) is -1.45. The zero-order chi connectivity index (χ0) is 23.6. The van der Waals surface area contributed by atoms with Crippen molar-refractivity contribution in [2.24, 2.45) is 0 Å². The number of hydrogen-bond acceptors (Lipinski definition) is 4. The van der Waals surface area contributed by atoms with Gasteiger partial charge >= 0.3 is 0 Å². The number of nitrogens with one attached hydrogen (secondary N) is 3. The molecule has 2 amide bonds. The molecule has 3 aromatic rings. The molecule has 3 N–H and O–H groups in total. The molecular weight excluding hydrogens is 445 g/mol. The fourth-order valence-corrected chi connectivity index (χ4v) is 4.29. The van der Waals surface area contributed by atoms with Crippen molar-refractivity contribution >= 4 is 33.2 Å². The van der Waals surface area contributed by atoms with E-state index in [9.17, 15) is 22.4 Å². The lowest BCUT2D eigenvalue weighted by molar-refractivity contribution is 0.0949. The molecule has 7 nitrogen and oxygen atoms in total. The summed E-state index contributed by atoms with van der Waals surface area (Å²) in [5.41, 5.74) is 1.33. The number of benzene rings is 3. The molecule has 1 fully saturated rings. The molecule has 0 atom stereocenters. The number of aryl methyl sites for hydroxylation is 1. The van der Waals surface area contributed by atoms with Crippen LogP contribution in [0.15, 0.2) is 71.6 Å². The van der Waals surface area contributed by atoms with E-state index in [1.54, 1.807) is 31.2 Å². The van der Waals surface area contributed by atoms with Crippen LogP contribution in [-0.2, 0) is 10.0 Å². The third kappa shape index (κ3) is 5.38. The number of carbonyl (C=O) groups is 2. The van der Waals surface area contributed by atoms with E-state index < -0.39 is 21.7 Å². The van der Waals surface area contributed by atoms with Crippen molar-refractivity contribution in [3.8, 4) is 0 Å². The maximum Gasteiger partial charge on any atom is 0.262 e. The molecule has 0 unspecified atom stereocenters. The first-order chi connectivity index (χ1) is 15.7. The van der Waals surface area contributed by atoms with Crippen molar-refractivity contribution in [1.29, 1.82) is 0 Å². The van der Waals surface area contributed by atoms with E-state index in [0.717, 1.165) is 18.9 Å². The molecule has 1 aliphatic carbocycles. The molecule has 0 radical (unpaired) electrons. The normalized spacial score (nSPS) is 13.3. The third-order valence-corrected chi connectivity index (χ3v) is 6.54. The van der Waals surface area contributed by atoms with Crippen molar-refractivity contribution in [3.05, 3.63) is 89.2 Å². The van der Waals surface area contributed by atoms with Gasteiger partial charge < -0.3 is 10.6 Å². The Kier molecular flexibility index (Phi) is 6.15. The summed E-state index contributed by atoms with van der Waals surface area (Å²) in [4.78, 5) is 25.0. The van der Waals surface area contributed by atoms with Crippen molar-refractivity contribution in [2.75, 3.05) is 10.0 Å². The predicted octanol–water partition coefficient (Wildman–Crippen LogP) is 4.08. The Hall–Kier alpha value is -3.72. The Morgan fingerprint density at radius 1 is 0.939 bits per heavy atom. The Morgan fingerprint density at radius 3 is 2.42 bits per heavy atom. The van der Waals surface area contributed by atoms with Crippen LogP contribution >= 0.6 is 0 Å². The van der Waals surface area contributed by atoms with Crippen LogP contribution in [-0.4, -0.2) is 26.3 Å². The van der Waals surface area contributed by atoms with E-state index in [-0.39, 0.29) is 28.1 Å². The van der Waals surface area contributed by atoms with Gasteiger partial charge in [0.2, 0.25) is 0 Å². The van der Waals surface area contributed by atoms with Gasteiger partial charge in [0.25, 0.3) is 21.8 Å². The van der Waals surface area contributed by atoms with Crippen LogP contribution in [0.2, 0.25) is 0 Å². The van der Waals surface area contributed by atoms with Gasteiger partial charge in [-0.05, 0) is 67.8 Å². The molecule has 170 valence electrons. The molecule has 9 heteroatoms. The van der Waals surface area contributed by atoms with Gasteiger partial charge in [-0.1, -0.05) is 24.3 Å². The molecule has 0 spiro atoms. The number of halogens is 1. The molecular formula is C24H22FN3O4S. The van der Waals surface area contributed by atoms with E-state index in [2.05, 4.69) is 15.4 Å². The fraction of sp³-hybridized carbons (Fsp3) is 0.167. The lowest BCUT2D eigenvalue weighted by atomic mass is 10.1. The quantitative estimate of drug-likeness (QED) is 0.487. The lowest BCUT2D eigenvalue weighted by Crippen LogP contribution is -2.25. The van der Waals surface area contributed by atoms with Crippen molar-refractivity contribution in [3.63, 3.8) is 0 Å². The van der Waals surface area contributed by atoms with Gasteiger partial charge in [0.1, 0.15) is 5.82 Å². The second-order valence-electron chi connectivity index (χ2n) is 7.84. The molecule has 0 saturated heterocycles. The summed E-state index contributed by atoms with van der Waals surface area (Å²) in [5, 5.41) is 5.59. The minimum atomic E-state index is -4.13. The van der Waals surface area contributed by atoms with E-state index in [1.807, 2.05) is 0 Å². The first kappa shape index (κ1) is 22.5. The summed E-state index contributed by atoms with van der Waals surface area (Å²) in [6.45, 7) is 1.68. The van der Waals surface area contributed by atoms with E-state index in [0.29, 0.717) is 16.8 Å². The maximum atomic E-state index is 13.9. The van der Waals surface area contributed by atoms with Crippen LogP contribution in [0.3, 0.4) is 0 Å². The van der Waals surface area contributed by atoms with E-state index in [4.69, 9.17) is 0 Å². The molecule has 33 heavy (non-hydrogen) atoms. The molecule has 4 rings (SSSR count). The van der Waals surface area contributed by atoms with Gasteiger partial charge in [-0.25, -0.2) is 12.8 Å². The Morgan fingerprint density at radius 2 is 1.70 bits per heavy atom. The van der Waals surface area contributed by atoms with Gasteiger partial charge in [0, 0.05) is 22.9 Å². The number of carbonyl (C=O) groups excluding carboxylic acids is 2. The smallest absolute Gasteiger partial charge is 0.262 e. The van der Waals surface area contributed by atoms with Gasteiger partial charge in [-0.15, -0.1) is 0 Å². The minimum Gasteiger partial charge on any atom is -0.349 e. The van der Waals surface area contributed by atoms with E-state index in [1.165, 1.54) is 36.4 Å². The van der Waals surface area contributed by atoms with Crippen molar-refractivity contribution in [2.45, 2.75) is 30.7 Å². The molecule has 3 aromatic carbocycles. The van der Waals surface area contributed by atoms with Gasteiger partial charge in [0.05, 0.1) is 10.6 Å². The average Bonchev–Trinajstić information content (AvgIpc) is 3.59. The van der Waals surface area contributed by atoms with E-state index >= 15 is 0 Å². The Balaban J connectivity index is 1.54. The monoisotopic (exact) mass is 467 g/mol. The highest BCUT2D eigenvalue weighted by Crippen LogP contribution is 2.23. The SMILES string of the molecule is Cc1ccc(S(=O)(=O)Nc2ccccc2F)cc1C(=O)Nc1cccc(C(=O)NC2CC2)c1. The van der Waals surface area contributed by atoms with Crippen LogP contribution in [0.25, 0.3) is 0 Å². The number of amides is 2. The summed E-state index contributed by atoms with van der Waals surface area (Å²) in [7, 11) is -4.13. The largest absolute Gasteiger partial charge is 0.349 e. The maximum absolute atomic E-state index is 13.9. The van der Waals surface area contributed by atoms with Gasteiger partial charge in [0.15, 0.2) is 0 Å². The summed E-state index contributed by atoms with van der Waals surface area (Å²) in [6.07, 6.45) is 1.93. The molecule has 0 bridgehead atoms. The van der Waals surface area contributed by atoms with Gasteiger partial charge in [-0.3, -0.25) is 14.3 Å². The highest BCUT2D eigenvalue weighted by Gasteiger charge is 2.24. The third-order valence-electron chi connectivity index (χ3n) is 5.18. The number of sulfonamides is 1. The van der Waals surface area contributed by atoms with Crippen LogP contribution in [0.1, 0.15) is 39.1 Å². The summed E-state index contributed by atoms with van der Waals surface area (Å²) >= 11 is 0. The number of rotatable bonds is 7. The number of para-hydroxylation sites is 1. The molecule has 0 heterocycles. The number of anilines is 2. The van der Waals surface area contributed by atoms with Crippen LogP contribution in [0.4, 0.5) is 15.8 Å². The molecule has 0 aromatic heterocycles. The molecule has 1 aliphatic rings. The predicted molar refractivity (Wildman–Crippen MR) is 123 cm³/mol. The van der Waals surface area contributed by atoms with Crippen molar-refractivity contribution < 1.29 is 22.4 Å². The van der Waals surface area contributed by atoms with Gasteiger partial charge in [-0.2, -0.15) is 0 Å². The number of hydrogen-bond donors (Lipinski definition) is 3. The fourth-order valence-electron chi connectivity index (χ4n) is 3.19. The highest BCUT2D eigenvalue weighted by atomic mass is 32.2. The minimum absolute atomic E-state index is 0.138. The average molecular weight is 468 g/mol. The first-order valence-electron chi connectivity index (χ1n) is 10.3.